The average molecular weight is 238 g/mol. The van der Waals surface area contributed by atoms with Gasteiger partial charge in [0.25, 0.3) is 0 Å². The van der Waals surface area contributed by atoms with Crippen LogP contribution < -0.4 is 4.35 Å². The van der Waals surface area contributed by atoms with E-state index >= 15 is 0 Å². The fourth-order valence-corrected chi connectivity index (χ4v) is 1.58. The summed E-state index contributed by atoms with van der Waals surface area (Å²) in [6.07, 6.45) is 0. The van der Waals surface area contributed by atoms with Crippen molar-refractivity contribution in [1.82, 2.24) is 0 Å². The Balaban J connectivity index is 3.31. The molecule has 1 rings (SSSR count). The molecule has 0 fully saturated rings. The predicted octanol–water partition coefficient (Wildman–Crippen LogP) is 1.29. The molecule has 0 saturated carbocycles. The van der Waals surface area contributed by atoms with Gasteiger partial charge in [0.2, 0.25) is 0 Å². The standard InChI is InChI=1S/C6H2AsClF2O/c8-4-2-6(10)5(9)1-3(4)7-11/h1-2H. The van der Waals surface area contributed by atoms with Crippen molar-refractivity contribution in [2.24, 2.45) is 0 Å². The third-order valence-corrected chi connectivity index (χ3v) is 2.88. The summed E-state index contributed by atoms with van der Waals surface area (Å²) in [5.74, 6) is -2.04. The van der Waals surface area contributed by atoms with Crippen LogP contribution in [0.25, 0.3) is 0 Å². The van der Waals surface area contributed by atoms with Crippen LogP contribution >= 0.6 is 11.6 Å². The Morgan fingerprint density at radius 1 is 1.27 bits per heavy atom. The zero-order valence-electron chi connectivity index (χ0n) is 5.14. The van der Waals surface area contributed by atoms with E-state index in [1.54, 1.807) is 0 Å². The van der Waals surface area contributed by atoms with Crippen molar-refractivity contribution in [1.29, 1.82) is 0 Å². The van der Waals surface area contributed by atoms with E-state index in [1.165, 1.54) is 0 Å². The molecule has 1 nitrogen and oxygen atoms in total. The second kappa shape index (κ2) is 3.42. The molecule has 0 aliphatic rings. The zero-order valence-corrected chi connectivity index (χ0v) is 7.78. The van der Waals surface area contributed by atoms with Gasteiger partial charge >= 0.3 is 73.0 Å². The first-order chi connectivity index (χ1) is 5.15. The Morgan fingerprint density at radius 3 is 2.36 bits per heavy atom. The van der Waals surface area contributed by atoms with E-state index in [1.807, 2.05) is 0 Å². The maximum absolute atomic E-state index is 12.4. The summed E-state index contributed by atoms with van der Waals surface area (Å²) in [6.45, 7) is 0. The Hall–Kier alpha value is -0.272. The average Bonchev–Trinajstić information content (AvgIpc) is 1.97. The van der Waals surface area contributed by atoms with Gasteiger partial charge < -0.3 is 0 Å². The topological polar surface area (TPSA) is 17.1 Å². The van der Waals surface area contributed by atoms with Crippen molar-refractivity contribution in [3.05, 3.63) is 28.8 Å². The van der Waals surface area contributed by atoms with Crippen LogP contribution in [0.4, 0.5) is 8.78 Å². The monoisotopic (exact) mass is 238 g/mol. The minimum atomic E-state index is -1.40. The molecule has 0 aliphatic carbocycles. The summed E-state index contributed by atoms with van der Waals surface area (Å²) >= 11 is 4.02. The summed E-state index contributed by atoms with van der Waals surface area (Å²) in [4.78, 5) is 0. The third kappa shape index (κ3) is 1.85. The van der Waals surface area contributed by atoms with Crippen LogP contribution in [-0.4, -0.2) is 15.7 Å². The molecule has 58 valence electrons. The Labute approximate surface area is 73.3 Å². The van der Waals surface area contributed by atoms with Gasteiger partial charge in [0, 0.05) is 0 Å². The summed E-state index contributed by atoms with van der Waals surface area (Å²) < 4.78 is 35.2. The molecule has 1 aromatic rings. The second-order valence-electron chi connectivity index (χ2n) is 1.81. The number of rotatable bonds is 1. The van der Waals surface area contributed by atoms with E-state index in [9.17, 15) is 12.5 Å². The van der Waals surface area contributed by atoms with E-state index < -0.39 is 27.3 Å². The van der Waals surface area contributed by atoms with Gasteiger partial charge in [-0.25, -0.2) is 0 Å². The van der Waals surface area contributed by atoms with Gasteiger partial charge in [0.05, 0.1) is 0 Å². The van der Waals surface area contributed by atoms with E-state index in [4.69, 9.17) is 11.6 Å². The van der Waals surface area contributed by atoms with Crippen LogP contribution in [0.15, 0.2) is 12.1 Å². The fourth-order valence-electron chi connectivity index (χ4n) is 0.582. The molecule has 0 bridgehead atoms. The normalized spacial score (nSPS) is 10.5. The SMILES string of the molecule is O=[As]c1cc(F)c(F)cc1Cl. The molecule has 0 aliphatic heterocycles. The summed E-state index contributed by atoms with van der Waals surface area (Å²) in [5.41, 5.74) is 0. The molecule has 0 atom stereocenters. The fraction of sp³-hybridized carbons (Fsp3) is 0. The van der Waals surface area contributed by atoms with Crippen LogP contribution in [0.3, 0.4) is 0 Å². The Bertz CT molecular complexity index is 303. The van der Waals surface area contributed by atoms with Crippen LogP contribution in [0, 0.1) is 11.6 Å². The van der Waals surface area contributed by atoms with E-state index in [-0.39, 0.29) is 9.37 Å². The van der Waals surface area contributed by atoms with Gasteiger partial charge in [-0.15, -0.1) is 0 Å². The summed E-state index contributed by atoms with van der Waals surface area (Å²) in [6, 6.07) is 1.67. The molecule has 0 spiro atoms. The van der Waals surface area contributed by atoms with Crippen LogP contribution in [-0.2, 0) is 3.74 Å². The Kier molecular flexibility index (Phi) is 2.74. The maximum atomic E-state index is 12.4. The quantitative estimate of drug-likeness (QED) is 0.532. The minimum absolute atomic E-state index is 0.0129. The molecule has 0 aromatic heterocycles. The van der Waals surface area contributed by atoms with E-state index in [2.05, 4.69) is 0 Å². The second-order valence-corrected chi connectivity index (χ2v) is 3.61. The van der Waals surface area contributed by atoms with Gasteiger partial charge in [0.1, 0.15) is 0 Å². The first-order valence-corrected chi connectivity index (χ1v) is 4.71. The van der Waals surface area contributed by atoms with Crippen LogP contribution in [0.2, 0.25) is 5.02 Å². The van der Waals surface area contributed by atoms with Crippen molar-refractivity contribution < 1.29 is 12.5 Å². The molecule has 0 amide bonds. The van der Waals surface area contributed by atoms with Gasteiger partial charge in [-0.3, -0.25) is 0 Å². The van der Waals surface area contributed by atoms with E-state index in [0.717, 1.165) is 12.1 Å². The zero-order chi connectivity index (χ0) is 8.43. The van der Waals surface area contributed by atoms with Crippen molar-refractivity contribution in [3.8, 4) is 0 Å². The number of hydrogen-bond donors (Lipinski definition) is 0. The van der Waals surface area contributed by atoms with Crippen molar-refractivity contribution in [2.75, 3.05) is 0 Å². The first-order valence-electron chi connectivity index (χ1n) is 2.63. The van der Waals surface area contributed by atoms with Crippen LogP contribution in [0.5, 0.6) is 0 Å². The van der Waals surface area contributed by atoms with Gasteiger partial charge in [0.15, 0.2) is 0 Å². The molecular formula is C6H2AsClF2O. The van der Waals surface area contributed by atoms with Gasteiger partial charge in [-0.05, 0) is 0 Å². The summed E-state index contributed by atoms with van der Waals surface area (Å²) in [5, 5.41) is 0.0129. The number of halogens is 3. The van der Waals surface area contributed by atoms with Gasteiger partial charge in [-0.1, -0.05) is 0 Å². The van der Waals surface area contributed by atoms with Crippen molar-refractivity contribution >= 4 is 31.6 Å². The van der Waals surface area contributed by atoms with Crippen LogP contribution in [0.1, 0.15) is 0 Å². The van der Waals surface area contributed by atoms with Gasteiger partial charge in [-0.2, -0.15) is 0 Å². The predicted molar refractivity (Wildman–Crippen MR) is 37.4 cm³/mol. The molecule has 1 aromatic carbocycles. The first kappa shape index (κ1) is 8.82. The molecule has 0 N–H and O–H groups in total. The summed E-state index contributed by atoms with van der Waals surface area (Å²) in [7, 11) is 0. The molecule has 5 heteroatoms. The van der Waals surface area contributed by atoms with Crippen molar-refractivity contribution in [3.63, 3.8) is 0 Å². The number of hydrogen-bond acceptors (Lipinski definition) is 1. The molecular weight excluding hydrogens is 236 g/mol. The van der Waals surface area contributed by atoms with E-state index in [0.29, 0.717) is 0 Å². The number of benzene rings is 1. The molecule has 11 heavy (non-hydrogen) atoms. The Morgan fingerprint density at radius 2 is 1.82 bits per heavy atom. The molecule has 0 saturated heterocycles. The molecule has 0 radical (unpaired) electrons. The van der Waals surface area contributed by atoms with Crippen molar-refractivity contribution in [2.45, 2.75) is 0 Å². The molecule has 0 heterocycles. The third-order valence-electron chi connectivity index (χ3n) is 1.09. The molecule has 0 unspecified atom stereocenters.